The van der Waals surface area contributed by atoms with Crippen LogP contribution in [0.4, 0.5) is 10.1 Å². The normalized spacial score (nSPS) is 16.7. The summed E-state index contributed by atoms with van der Waals surface area (Å²) in [5.74, 6) is -0.110. The molecule has 5 nitrogen and oxygen atoms in total. The molecule has 2 aromatic heterocycles. The maximum atomic E-state index is 13.4. The van der Waals surface area contributed by atoms with Gasteiger partial charge in [0.2, 0.25) is 0 Å². The zero-order valence-electron chi connectivity index (χ0n) is 16.2. The molecule has 3 heterocycles. The molecule has 0 radical (unpaired) electrons. The standard InChI is InChI=1S/C21H23FN4OS/c1-13-5-4-10-26(28-3)18-12-25-17(11-16(13)18)19(21(27)23-2)20(24-25)14-6-8-15(22)9-7-14/h6-9,11-13H,4-5,10H2,1-3H3,(H,23,27). The highest BCUT2D eigenvalue weighted by molar-refractivity contribution is 7.99. The van der Waals surface area contributed by atoms with Crippen LogP contribution in [0, 0.1) is 5.82 Å². The first-order valence-electron chi connectivity index (χ1n) is 9.39. The Labute approximate surface area is 168 Å². The van der Waals surface area contributed by atoms with Crippen molar-refractivity contribution in [3.05, 3.63) is 53.5 Å². The summed E-state index contributed by atoms with van der Waals surface area (Å²) in [6.07, 6.45) is 6.33. The Kier molecular flexibility index (Phi) is 5.02. The SMILES string of the molecule is CNC(=O)c1c(-c2ccc(F)cc2)nn2cc3c(cc12)C(C)CCCN3SC. The Hall–Kier alpha value is -2.54. The lowest BCUT2D eigenvalue weighted by Crippen LogP contribution is -2.18. The summed E-state index contributed by atoms with van der Waals surface area (Å²) in [5, 5.41) is 7.44. The van der Waals surface area contributed by atoms with Crippen LogP contribution in [0.3, 0.4) is 0 Å². The summed E-state index contributed by atoms with van der Waals surface area (Å²) >= 11 is 1.70. The molecular formula is C21H23FN4OS. The van der Waals surface area contributed by atoms with Gasteiger partial charge in [-0.1, -0.05) is 18.9 Å². The van der Waals surface area contributed by atoms with Crippen LogP contribution in [0.5, 0.6) is 0 Å². The van der Waals surface area contributed by atoms with E-state index in [4.69, 9.17) is 5.10 Å². The zero-order chi connectivity index (χ0) is 19.8. The van der Waals surface area contributed by atoms with Crippen LogP contribution >= 0.6 is 11.9 Å². The van der Waals surface area contributed by atoms with Gasteiger partial charge in [-0.05, 0) is 54.7 Å². The van der Waals surface area contributed by atoms with Gasteiger partial charge >= 0.3 is 0 Å². The summed E-state index contributed by atoms with van der Waals surface area (Å²) in [5.41, 5.74) is 4.93. The largest absolute Gasteiger partial charge is 0.355 e. The fourth-order valence-electron chi connectivity index (χ4n) is 3.86. The Morgan fingerprint density at radius 2 is 2.07 bits per heavy atom. The van der Waals surface area contributed by atoms with Crippen molar-refractivity contribution in [1.29, 1.82) is 0 Å². The van der Waals surface area contributed by atoms with E-state index in [1.807, 2.05) is 6.20 Å². The lowest BCUT2D eigenvalue weighted by atomic mass is 9.96. The molecule has 0 bridgehead atoms. The average molecular weight is 399 g/mol. The number of anilines is 1. The number of carbonyl (C=O) groups excluding carboxylic acids is 1. The lowest BCUT2D eigenvalue weighted by molar-refractivity contribution is 0.0965. The van der Waals surface area contributed by atoms with E-state index in [9.17, 15) is 9.18 Å². The predicted molar refractivity (Wildman–Crippen MR) is 112 cm³/mol. The molecule has 4 rings (SSSR count). The first-order valence-corrected chi connectivity index (χ1v) is 10.6. The molecule has 0 saturated carbocycles. The Balaban J connectivity index is 1.99. The van der Waals surface area contributed by atoms with Crippen LogP contribution < -0.4 is 9.62 Å². The molecular weight excluding hydrogens is 375 g/mol. The Bertz CT molecular complexity index is 1030. The zero-order valence-corrected chi connectivity index (χ0v) is 17.0. The van der Waals surface area contributed by atoms with Crippen molar-refractivity contribution in [2.75, 3.05) is 24.2 Å². The van der Waals surface area contributed by atoms with E-state index in [-0.39, 0.29) is 11.7 Å². The molecule has 3 aromatic rings. The van der Waals surface area contributed by atoms with Gasteiger partial charge in [-0.25, -0.2) is 8.91 Å². The van der Waals surface area contributed by atoms with Gasteiger partial charge in [-0.3, -0.25) is 4.79 Å². The van der Waals surface area contributed by atoms with Gasteiger partial charge in [-0.2, -0.15) is 5.10 Å². The number of nitrogens with zero attached hydrogens (tertiary/aromatic N) is 3. The molecule has 0 fully saturated rings. The van der Waals surface area contributed by atoms with E-state index >= 15 is 0 Å². The summed E-state index contributed by atoms with van der Waals surface area (Å²) in [4.78, 5) is 12.7. The molecule has 1 amide bonds. The molecule has 146 valence electrons. The van der Waals surface area contributed by atoms with Gasteiger partial charge in [0.25, 0.3) is 5.91 Å². The molecule has 0 spiro atoms. The van der Waals surface area contributed by atoms with Crippen LogP contribution in [0.25, 0.3) is 16.8 Å². The lowest BCUT2D eigenvalue weighted by Gasteiger charge is -2.22. The summed E-state index contributed by atoms with van der Waals surface area (Å²) in [7, 11) is 1.61. The molecule has 1 aliphatic rings. The van der Waals surface area contributed by atoms with Crippen molar-refractivity contribution in [2.24, 2.45) is 0 Å². The number of aromatic nitrogens is 2. The number of benzene rings is 1. The number of hydrogen-bond acceptors (Lipinski definition) is 4. The van der Waals surface area contributed by atoms with E-state index in [0.717, 1.165) is 30.6 Å². The number of nitrogens with one attached hydrogen (secondary N) is 1. The fourth-order valence-corrected chi connectivity index (χ4v) is 4.53. The van der Waals surface area contributed by atoms with Crippen LogP contribution in [0.15, 0.2) is 36.5 Å². The van der Waals surface area contributed by atoms with E-state index in [0.29, 0.717) is 22.7 Å². The number of halogens is 1. The molecule has 7 heteroatoms. The molecule has 0 aliphatic carbocycles. The number of fused-ring (bicyclic) bond motifs is 2. The Morgan fingerprint density at radius 1 is 1.32 bits per heavy atom. The average Bonchev–Trinajstić information content (AvgIpc) is 3.00. The van der Waals surface area contributed by atoms with Crippen LogP contribution in [0.1, 0.15) is 41.6 Å². The second kappa shape index (κ2) is 7.47. The van der Waals surface area contributed by atoms with Crippen LogP contribution in [-0.2, 0) is 0 Å². The number of carbonyl (C=O) groups is 1. The second-order valence-corrected chi connectivity index (χ2v) is 7.89. The summed E-state index contributed by atoms with van der Waals surface area (Å²) in [6.45, 7) is 3.22. The van der Waals surface area contributed by atoms with Crippen molar-refractivity contribution in [3.8, 4) is 11.3 Å². The molecule has 1 aliphatic heterocycles. The maximum Gasteiger partial charge on any atom is 0.255 e. The van der Waals surface area contributed by atoms with Crippen molar-refractivity contribution < 1.29 is 9.18 Å². The van der Waals surface area contributed by atoms with Gasteiger partial charge in [0, 0.05) is 25.4 Å². The van der Waals surface area contributed by atoms with Crippen LogP contribution in [0.2, 0.25) is 0 Å². The minimum Gasteiger partial charge on any atom is -0.355 e. The van der Waals surface area contributed by atoms with Gasteiger partial charge in [-0.15, -0.1) is 0 Å². The molecule has 1 unspecified atom stereocenters. The molecule has 1 aromatic carbocycles. The third kappa shape index (κ3) is 3.13. The van der Waals surface area contributed by atoms with Crippen molar-refractivity contribution in [1.82, 2.24) is 14.9 Å². The number of hydrogen-bond donors (Lipinski definition) is 1. The molecule has 28 heavy (non-hydrogen) atoms. The number of amides is 1. The second-order valence-electron chi connectivity index (χ2n) is 7.08. The van der Waals surface area contributed by atoms with Gasteiger partial charge in [0.15, 0.2) is 0 Å². The molecule has 1 N–H and O–H groups in total. The van der Waals surface area contributed by atoms with Crippen molar-refractivity contribution in [2.45, 2.75) is 25.7 Å². The quantitative estimate of drug-likeness (QED) is 0.661. The maximum absolute atomic E-state index is 13.4. The Morgan fingerprint density at radius 3 is 2.75 bits per heavy atom. The number of rotatable bonds is 3. The van der Waals surface area contributed by atoms with Crippen molar-refractivity contribution >= 4 is 29.1 Å². The van der Waals surface area contributed by atoms with Crippen LogP contribution in [-0.4, -0.2) is 35.4 Å². The highest BCUT2D eigenvalue weighted by Gasteiger charge is 2.26. The minimum atomic E-state index is -0.315. The van der Waals surface area contributed by atoms with E-state index < -0.39 is 0 Å². The van der Waals surface area contributed by atoms with Gasteiger partial charge < -0.3 is 9.62 Å². The predicted octanol–water partition coefficient (Wildman–Crippen LogP) is 4.48. The first kappa shape index (κ1) is 18.8. The summed E-state index contributed by atoms with van der Waals surface area (Å²) < 4.78 is 17.5. The highest BCUT2D eigenvalue weighted by Crippen LogP contribution is 2.39. The monoisotopic (exact) mass is 398 g/mol. The smallest absolute Gasteiger partial charge is 0.255 e. The van der Waals surface area contributed by atoms with Crippen molar-refractivity contribution in [3.63, 3.8) is 0 Å². The third-order valence-corrected chi connectivity index (χ3v) is 6.19. The van der Waals surface area contributed by atoms with E-state index in [1.54, 1.807) is 35.6 Å². The topological polar surface area (TPSA) is 49.6 Å². The van der Waals surface area contributed by atoms with Gasteiger partial charge in [0.05, 0.1) is 23.0 Å². The van der Waals surface area contributed by atoms with E-state index in [1.165, 1.54) is 17.7 Å². The number of pyridine rings is 1. The summed E-state index contributed by atoms with van der Waals surface area (Å²) in [6, 6.07) is 8.19. The van der Waals surface area contributed by atoms with Gasteiger partial charge in [0.1, 0.15) is 11.5 Å². The van der Waals surface area contributed by atoms with E-state index in [2.05, 4.69) is 28.9 Å². The third-order valence-electron chi connectivity index (χ3n) is 5.37. The highest BCUT2D eigenvalue weighted by atomic mass is 32.2. The minimum absolute atomic E-state index is 0.197. The molecule has 1 atom stereocenters. The molecule has 0 saturated heterocycles. The fraction of sp³-hybridized carbons (Fsp3) is 0.333. The first-order chi connectivity index (χ1) is 13.5.